The van der Waals surface area contributed by atoms with Crippen LogP contribution in [0.3, 0.4) is 0 Å². The zero-order chi connectivity index (χ0) is 11.7. The van der Waals surface area contributed by atoms with Crippen LogP contribution in [0.25, 0.3) is 0 Å². The average Bonchev–Trinajstić information content (AvgIpc) is 2.06. The molecule has 0 saturated carbocycles. The van der Waals surface area contributed by atoms with Crippen molar-refractivity contribution >= 4 is 10.1 Å². The van der Waals surface area contributed by atoms with Crippen molar-refractivity contribution in [1.82, 2.24) is 4.90 Å². The molecule has 0 aliphatic carbocycles. The van der Waals surface area contributed by atoms with Crippen molar-refractivity contribution in [3.8, 4) is 0 Å². The normalized spacial score (nSPS) is 21.8. The van der Waals surface area contributed by atoms with Gasteiger partial charge in [0.05, 0.1) is 0 Å². The fourth-order valence-corrected chi connectivity index (χ4v) is 2.53. The molecular weight excluding hydrogens is 241 g/mol. The van der Waals surface area contributed by atoms with E-state index in [0.717, 1.165) is 6.54 Å². The van der Waals surface area contributed by atoms with Gasteiger partial charge in [-0.25, -0.2) is 8.42 Å². The summed E-state index contributed by atoms with van der Waals surface area (Å²) in [5, 5.41) is 9.63. The van der Waals surface area contributed by atoms with Crippen LogP contribution in [-0.4, -0.2) is 47.5 Å². The van der Waals surface area contributed by atoms with Crippen LogP contribution in [0.4, 0.5) is 0 Å². The van der Waals surface area contributed by atoms with E-state index in [0.29, 0.717) is 19.0 Å². The molecule has 0 amide bonds. The monoisotopic (exact) mass is 259 g/mol. The van der Waals surface area contributed by atoms with Gasteiger partial charge in [0.2, 0.25) is 0 Å². The van der Waals surface area contributed by atoms with Crippen LogP contribution in [0, 0.1) is 5.92 Å². The van der Waals surface area contributed by atoms with E-state index in [1.54, 1.807) is 0 Å². The van der Waals surface area contributed by atoms with Gasteiger partial charge >= 0.3 is 29.6 Å². The average molecular weight is 259 g/mol. The van der Waals surface area contributed by atoms with Gasteiger partial charge in [0.15, 0.2) is 4.93 Å². The Kier molecular flexibility index (Phi) is 6.45. The van der Waals surface area contributed by atoms with Crippen LogP contribution in [-0.2, 0) is 10.1 Å². The molecule has 0 aromatic heterocycles. The third kappa shape index (κ3) is 4.25. The van der Waals surface area contributed by atoms with E-state index in [-0.39, 0.29) is 42.4 Å². The molecule has 16 heavy (non-hydrogen) atoms. The largest absolute Gasteiger partial charge is 1.00 e. The quantitative estimate of drug-likeness (QED) is 0.431. The van der Waals surface area contributed by atoms with Gasteiger partial charge in [0.1, 0.15) is 10.1 Å². The Hall–Kier alpha value is 0.830. The number of aliphatic hydroxyl groups is 1. The standard InChI is InChI=1S/C9H19NO4S.Na/c1-8(2)7-10-5-3-9(11,4-6-10)15(12,13)14;/h8,11H,3-7H2,1-2H3,(H,12,13,14);/q;+1/p-1. The summed E-state index contributed by atoms with van der Waals surface area (Å²) in [4.78, 5) is 0.0325. The molecule has 0 aromatic rings. The zero-order valence-electron chi connectivity index (χ0n) is 10.1. The minimum atomic E-state index is -4.60. The Bertz CT molecular complexity index is 309. The van der Waals surface area contributed by atoms with E-state index < -0.39 is 15.1 Å². The second-order valence-electron chi connectivity index (χ2n) is 4.59. The molecule has 0 radical (unpaired) electrons. The predicted octanol–water partition coefficient (Wildman–Crippen LogP) is -3.02. The summed E-state index contributed by atoms with van der Waals surface area (Å²) < 4.78 is 32.4. The molecule has 7 heteroatoms. The van der Waals surface area contributed by atoms with E-state index in [4.69, 9.17) is 0 Å². The third-order valence-electron chi connectivity index (χ3n) is 2.73. The number of hydrogen-bond acceptors (Lipinski definition) is 5. The van der Waals surface area contributed by atoms with Gasteiger partial charge in [0, 0.05) is 32.5 Å². The molecule has 1 rings (SSSR count). The SMILES string of the molecule is CC(C)CN1CCC(O)(S(=O)(=O)[O-])CC1.[Na+]. The Labute approximate surface area is 119 Å². The van der Waals surface area contributed by atoms with E-state index in [1.807, 2.05) is 0 Å². The van der Waals surface area contributed by atoms with Gasteiger partial charge in [-0.05, 0) is 5.92 Å². The van der Waals surface area contributed by atoms with Crippen molar-refractivity contribution < 1.29 is 47.6 Å². The first-order valence-electron chi connectivity index (χ1n) is 5.15. The molecule has 1 fully saturated rings. The second-order valence-corrected chi connectivity index (χ2v) is 6.26. The maximum atomic E-state index is 10.8. The zero-order valence-corrected chi connectivity index (χ0v) is 13.0. The molecule has 5 nitrogen and oxygen atoms in total. The van der Waals surface area contributed by atoms with Crippen molar-refractivity contribution in [3.05, 3.63) is 0 Å². The van der Waals surface area contributed by atoms with Crippen molar-refractivity contribution in [2.45, 2.75) is 31.6 Å². The fraction of sp³-hybridized carbons (Fsp3) is 1.00. The van der Waals surface area contributed by atoms with Crippen LogP contribution < -0.4 is 29.6 Å². The summed E-state index contributed by atoms with van der Waals surface area (Å²) in [6, 6.07) is 0. The van der Waals surface area contributed by atoms with E-state index in [9.17, 15) is 18.1 Å². The predicted molar refractivity (Wildman–Crippen MR) is 55.2 cm³/mol. The van der Waals surface area contributed by atoms with Crippen LogP contribution in [0.2, 0.25) is 0 Å². The first-order chi connectivity index (χ1) is 6.74. The topological polar surface area (TPSA) is 80.7 Å². The summed E-state index contributed by atoms with van der Waals surface area (Å²) in [6.45, 7) is 5.96. The van der Waals surface area contributed by atoms with Crippen molar-refractivity contribution in [3.63, 3.8) is 0 Å². The molecule has 0 bridgehead atoms. The summed E-state index contributed by atoms with van der Waals surface area (Å²) in [6.07, 6.45) is 0.0388. The molecule has 1 N–H and O–H groups in total. The molecule has 0 spiro atoms. The maximum absolute atomic E-state index is 10.8. The van der Waals surface area contributed by atoms with E-state index in [1.165, 1.54) is 0 Å². The van der Waals surface area contributed by atoms with Gasteiger partial charge in [-0.3, -0.25) is 0 Å². The number of rotatable bonds is 3. The summed E-state index contributed by atoms with van der Waals surface area (Å²) in [7, 11) is -4.60. The van der Waals surface area contributed by atoms with Gasteiger partial charge in [-0.15, -0.1) is 0 Å². The Morgan fingerprint density at radius 2 is 1.81 bits per heavy atom. The number of piperidine rings is 1. The van der Waals surface area contributed by atoms with Gasteiger partial charge < -0.3 is 14.6 Å². The van der Waals surface area contributed by atoms with Crippen LogP contribution in [0.1, 0.15) is 26.7 Å². The maximum Gasteiger partial charge on any atom is 1.00 e. The first-order valence-corrected chi connectivity index (χ1v) is 6.55. The Morgan fingerprint density at radius 1 is 1.38 bits per heavy atom. The molecule has 1 aliphatic heterocycles. The van der Waals surface area contributed by atoms with Gasteiger partial charge in [0.25, 0.3) is 0 Å². The molecule has 0 unspecified atom stereocenters. The summed E-state index contributed by atoms with van der Waals surface area (Å²) in [5.41, 5.74) is 0. The first kappa shape index (κ1) is 16.8. The van der Waals surface area contributed by atoms with E-state index in [2.05, 4.69) is 18.7 Å². The fourth-order valence-electron chi connectivity index (χ4n) is 1.85. The molecule has 1 saturated heterocycles. The minimum absolute atomic E-state index is 0. The number of likely N-dealkylation sites (tertiary alicyclic amines) is 1. The Balaban J connectivity index is 0.00000225. The van der Waals surface area contributed by atoms with E-state index >= 15 is 0 Å². The van der Waals surface area contributed by atoms with Crippen molar-refractivity contribution in [2.75, 3.05) is 19.6 Å². The summed E-state index contributed by atoms with van der Waals surface area (Å²) in [5.74, 6) is 0.500. The van der Waals surface area contributed by atoms with Crippen LogP contribution in [0.15, 0.2) is 0 Å². The molecular formula is C9H18NNaO4S. The second kappa shape index (κ2) is 6.13. The van der Waals surface area contributed by atoms with Gasteiger partial charge in [-0.1, -0.05) is 13.8 Å². The number of nitrogens with zero attached hydrogens (tertiary/aromatic N) is 1. The molecule has 1 heterocycles. The molecule has 0 aromatic carbocycles. The van der Waals surface area contributed by atoms with Gasteiger partial charge in [-0.2, -0.15) is 0 Å². The smallest absolute Gasteiger partial charge is 0.746 e. The van der Waals surface area contributed by atoms with Crippen LogP contribution in [0.5, 0.6) is 0 Å². The summed E-state index contributed by atoms with van der Waals surface area (Å²) >= 11 is 0. The minimum Gasteiger partial charge on any atom is -0.746 e. The Morgan fingerprint density at radius 3 is 2.12 bits per heavy atom. The van der Waals surface area contributed by atoms with Crippen molar-refractivity contribution in [2.24, 2.45) is 5.92 Å². The van der Waals surface area contributed by atoms with Crippen LogP contribution >= 0.6 is 0 Å². The molecule has 0 atom stereocenters. The van der Waals surface area contributed by atoms with Crippen molar-refractivity contribution in [1.29, 1.82) is 0 Å². The number of hydrogen-bond donors (Lipinski definition) is 1. The molecule has 1 aliphatic rings. The molecule has 90 valence electrons. The third-order valence-corrected chi connectivity index (χ3v) is 4.07.